The Balaban J connectivity index is 0.00000242. The summed E-state index contributed by atoms with van der Waals surface area (Å²) in [5.74, 6) is 0.720. The zero-order valence-corrected chi connectivity index (χ0v) is 13.5. The fraction of sp³-hybridized carbons (Fsp3) is 0.250. The number of pyridine rings is 1. The topological polar surface area (TPSA) is 68.5 Å². The van der Waals surface area contributed by atoms with Gasteiger partial charge in [0.1, 0.15) is 5.75 Å². The van der Waals surface area contributed by atoms with Crippen molar-refractivity contribution < 1.29 is 9.53 Å². The summed E-state index contributed by atoms with van der Waals surface area (Å²) >= 11 is 0. The predicted molar refractivity (Wildman–Crippen MR) is 88.2 cm³/mol. The van der Waals surface area contributed by atoms with E-state index in [1.165, 1.54) is 0 Å². The number of ether oxygens (including phenoxy) is 1. The normalized spacial score (nSPS) is 9.77. The molecule has 2 aromatic rings. The van der Waals surface area contributed by atoms with E-state index in [0.29, 0.717) is 24.3 Å². The third-order valence-electron chi connectivity index (χ3n) is 3.17. The molecule has 1 amide bonds. The van der Waals surface area contributed by atoms with E-state index >= 15 is 0 Å². The number of rotatable bonds is 5. The first-order valence-corrected chi connectivity index (χ1v) is 6.67. The summed E-state index contributed by atoms with van der Waals surface area (Å²) in [5, 5.41) is 0. The van der Waals surface area contributed by atoms with Gasteiger partial charge in [0.15, 0.2) is 0 Å². The summed E-state index contributed by atoms with van der Waals surface area (Å²) in [6.45, 7) is 0.830. The van der Waals surface area contributed by atoms with Gasteiger partial charge in [0, 0.05) is 31.9 Å². The number of halogens is 1. The maximum Gasteiger partial charge on any atom is 0.254 e. The first-order chi connectivity index (χ1) is 10.1. The van der Waals surface area contributed by atoms with Gasteiger partial charge in [-0.05, 0) is 29.8 Å². The lowest BCUT2D eigenvalue weighted by molar-refractivity contribution is 0.0784. The fourth-order valence-electron chi connectivity index (χ4n) is 2.06. The van der Waals surface area contributed by atoms with Crippen LogP contribution in [0.15, 0.2) is 42.6 Å². The van der Waals surface area contributed by atoms with Gasteiger partial charge in [0.25, 0.3) is 5.91 Å². The monoisotopic (exact) mass is 321 g/mol. The minimum atomic E-state index is -0.0603. The van der Waals surface area contributed by atoms with Crippen molar-refractivity contribution in [3.8, 4) is 5.75 Å². The van der Waals surface area contributed by atoms with Crippen LogP contribution in [0.2, 0.25) is 0 Å². The summed E-state index contributed by atoms with van der Waals surface area (Å²) in [7, 11) is 3.39. The van der Waals surface area contributed by atoms with E-state index in [2.05, 4.69) is 4.98 Å². The molecular weight excluding hydrogens is 302 g/mol. The molecule has 0 unspecified atom stereocenters. The maximum atomic E-state index is 12.4. The molecule has 118 valence electrons. The van der Waals surface area contributed by atoms with Crippen LogP contribution in [0.25, 0.3) is 0 Å². The van der Waals surface area contributed by atoms with Gasteiger partial charge in [-0.2, -0.15) is 0 Å². The highest BCUT2D eigenvalue weighted by Crippen LogP contribution is 2.15. The van der Waals surface area contributed by atoms with E-state index in [4.69, 9.17) is 10.5 Å². The van der Waals surface area contributed by atoms with Crippen molar-refractivity contribution in [3.05, 3.63) is 59.4 Å². The second kappa shape index (κ2) is 8.36. The summed E-state index contributed by atoms with van der Waals surface area (Å²) in [5.41, 5.74) is 7.86. The molecule has 5 nitrogen and oxygen atoms in total. The summed E-state index contributed by atoms with van der Waals surface area (Å²) in [6, 6.07) is 11.1. The van der Waals surface area contributed by atoms with Crippen LogP contribution in [0.1, 0.15) is 21.6 Å². The van der Waals surface area contributed by atoms with Crippen LogP contribution in [-0.2, 0) is 13.1 Å². The minimum Gasteiger partial charge on any atom is -0.497 e. The SMILES string of the molecule is COc1cccc(CN(C)C(=O)c2ccnc(CN)c2)c1.Cl. The number of amides is 1. The lowest BCUT2D eigenvalue weighted by atomic mass is 10.1. The van der Waals surface area contributed by atoms with Gasteiger partial charge >= 0.3 is 0 Å². The van der Waals surface area contributed by atoms with Crippen molar-refractivity contribution >= 4 is 18.3 Å². The standard InChI is InChI=1S/C16H19N3O2.ClH/c1-19(11-12-4-3-5-15(8-12)21-2)16(20)13-6-7-18-14(9-13)10-17;/h3-9H,10-11,17H2,1-2H3;1H. The van der Waals surface area contributed by atoms with Crippen LogP contribution in [-0.4, -0.2) is 29.9 Å². The molecule has 0 aliphatic carbocycles. The lowest BCUT2D eigenvalue weighted by Crippen LogP contribution is -2.26. The first kappa shape index (κ1) is 17.9. The minimum absolute atomic E-state index is 0. The second-order valence-corrected chi connectivity index (χ2v) is 4.75. The van der Waals surface area contributed by atoms with Crippen molar-refractivity contribution in [3.63, 3.8) is 0 Å². The van der Waals surface area contributed by atoms with Gasteiger partial charge in [-0.15, -0.1) is 12.4 Å². The number of methoxy groups -OCH3 is 1. The van der Waals surface area contributed by atoms with Gasteiger partial charge in [-0.3, -0.25) is 9.78 Å². The van der Waals surface area contributed by atoms with Crippen molar-refractivity contribution in [1.29, 1.82) is 0 Å². The Morgan fingerprint density at radius 2 is 2.09 bits per heavy atom. The summed E-state index contributed by atoms with van der Waals surface area (Å²) in [4.78, 5) is 18.1. The van der Waals surface area contributed by atoms with Crippen LogP contribution < -0.4 is 10.5 Å². The van der Waals surface area contributed by atoms with Gasteiger partial charge in [0.05, 0.1) is 12.8 Å². The van der Waals surface area contributed by atoms with E-state index in [0.717, 1.165) is 11.3 Å². The molecule has 0 bridgehead atoms. The van der Waals surface area contributed by atoms with Gasteiger partial charge in [-0.1, -0.05) is 12.1 Å². The molecule has 0 aliphatic rings. The van der Waals surface area contributed by atoms with Crippen molar-refractivity contribution in [2.75, 3.05) is 14.2 Å². The maximum absolute atomic E-state index is 12.4. The number of hydrogen-bond donors (Lipinski definition) is 1. The molecule has 22 heavy (non-hydrogen) atoms. The summed E-state index contributed by atoms with van der Waals surface area (Å²) in [6.07, 6.45) is 1.61. The first-order valence-electron chi connectivity index (χ1n) is 6.67. The van der Waals surface area contributed by atoms with E-state index in [9.17, 15) is 4.79 Å². The zero-order valence-electron chi connectivity index (χ0n) is 12.7. The Bertz CT molecular complexity index is 634. The largest absolute Gasteiger partial charge is 0.497 e. The van der Waals surface area contributed by atoms with E-state index in [1.807, 2.05) is 24.3 Å². The van der Waals surface area contributed by atoms with Gasteiger partial charge in [0.2, 0.25) is 0 Å². The van der Waals surface area contributed by atoms with Crippen LogP contribution in [0.4, 0.5) is 0 Å². The highest BCUT2D eigenvalue weighted by Gasteiger charge is 2.13. The Morgan fingerprint density at radius 3 is 2.77 bits per heavy atom. The highest BCUT2D eigenvalue weighted by molar-refractivity contribution is 5.94. The molecular formula is C16H20ClN3O2. The number of nitrogens with zero attached hydrogens (tertiary/aromatic N) is 2. The molecule has 0 fully saturated rings. The van der Waals surface area contributed by atoms with Crippen molar-refractivity contribution in [1.82, 2.24) is 9.88 Å². The predicted octanol–water partition coefficient (Wildman–Crippen LogP) is 2.24. The Hall–Kier alpha value is -2.11. The van der Waals surface area contributed by atoms with E-state index in [1.54, 1.807) is 37.4 Å². The molecule has 0 atom stereocenters. The quantitative estimate of drug-likeness (QED) is 0.917. The third-order valence-corrected chi connectivity index (χ3v) is 3.17. The number of hydrogen-bond acceptors (Lipinski definition) is 4. The van der Waals surface area contributed by atoms with Crippen LogP contribution in [0.3, 0.4) is 0 Å². The Labute approximate surface area is 136 Å². The van der Waals surface area contributed by atoms with E-state index < -0.39 is 0 Å². The molecule has 0 aliphatic heterocycles. The van der Waals surface area contributed by atoms with E-state index in [-0.39, 0.29) is 18.3 Å². The average molecular weight is 322 g/mol. The molecule has 0 radical (unpaired) electrons. The number of nitrogens with two attached hydrogens (primary N) is 1. The molecule has 2 rings (SSSR count). The zero-order chi connectivity index (χ0) is 15.2. The van der Waals surface area contributed by atoms with Gasteiger partial charge < -0.3 is 15.4 Å². The molecule has 0 saturated carbocycles. The number of carbonyl (C=O) groups excluding carboxylic acids is 1. The second-order valence-electron chi connectivity index (χ2n) is 4.75. The van der Waals surface area contributed by atoms with Crippen LogP contribution in [0, 0.1) is 0 Å². The van der Waals surface area contributed by atoms with Gasteiger partial charge in [-0.25, -0.2) is 0 Å². The smallest absolute Gasteiger partial charge is 0.254 e. The third kappa shape index (κ3) is 4.44. The molecule has 2 N–H and O–H groups in total. The number of benzene rings is 1. The summed E-state index contributed by atoms with van der Waals surface area (Å²) < 4.78 is 5.19. The number of carbonyl (C=O) groups is 1. The molecule has 1 aromatic heterocycles. The molecule has 1 aromatic carbocycles. The Morgan fingerprint density at radius 1 is 1.32 bits per heavy atom. The fourth-order valence-corrected chi connectivity index (χ4v) is 2.06. The van der Waals surface area contributed by atoms with Crippen molar-refractivity contribution in [2.24, 2.45) is 5.73 Å². The number of aromatic nitrogens is 1. The molecule has 1 heterocycles. The molecule has 0 saturated heterocycles. The highest BCUT2D eigenvalue weighted by atomic mass is 35.5. The van der Waals surface area contributed by atoms with Crippen molar-refractivity contribution in [2.45, 2.75) is 13.1 Å². The lowest BCUT2D eigenvalue weighted by Gasteiger charge is -2.18. The molecule has 0 spiro atoms. The molecule has 6 heteroatoms. The Kier molecular flexibility index (Phi) is 6.82. The average Bonchev–Trinajstić information content (AvgIpc) is 2.54. The van der Waals surface area contributed by atoms with Crippen LogP contribution >= 0.6 is 12.4 Å². The van der Waals surface area contributed by atoms with Crippen LogP contribution in [0.5, 0.6) is 5.75 Å².